The number of rotatable bonds is 0. The standard InChI is InChI=1S/C19H28O2/c1-18-9-7-13(20)11-12(18)3-4-14-15-5-6-17(21)19(15,2)10-8-16(14)18/h7,9,12-13,15,17,20-21H,3-6,8,10-11H2,1-2H3/t12?,13-,15-,17-,18-,19-/m0/s1. The highest BCUT2D eigenvalue weighted by Gasteiger charge is 2.54. The Kier molecular flexibility index (Phi) is 2.97. The monoisotopic (exact) mass is 288 g/mol. The SMILES string of the molecule is C[C@]12CCC3=C(CCC4C[C@@H](O)C=C[C@]34C)[C@@H]1CC[C@@H]2O. The van der Waals surface area contributed by atoms with E-state index in [4.69, 9.17) is 0 Å². The van der Waals surface area contributed by atoms with Crippen molar-refractivity contribution in [2.45, 2.75) is 71.0 Å². The maximum atomic E-state index is 10.4. The third-order valence-electron chi connectivity index (χ3n) is 7.46. The van der Waals surface area contributed by atoms with Crippen LogP contribution in [0.25, 0.3) is 0 Å². The van der Waals surface area contributed by atoms with Gasteiger partial charge in [0.1, 0.15) is 0 Å². The van der Waals surface area contributed by atoms with Crippen LogP contribution >= 0.6 is 0 Å². The van der Waals surface area contributed by atoms with Crippen molar-refractivity contribution in [3.63, 3.8) is 0 Å². The predicted octanol–water partition coefficient (Wildman–Crippen LogP) is 3.59. The van der Waals surface area contributed by atoms with E-state index in [1.165, 1.54) is 19.3 Å². The molecule has 0 bridgehead atoms. The summed E-state index contributed by atoms with van der Waals surface area (Å²) >= 11 is 0. The van der Waals surface area contributed by atoms with E-state index in [0.29, 0.717) is 11.8 Å². The van der Waals surface area contributed by atoms with Crippen molar-refractivity contribution in [1.29, 1.82) is 0 Å². The second-order valence-electron chi connectivity index (χ2n) is 8.34. The summed E-state index contributed by atoms with van der Waals surface area (Å²) in [6.07, 6.45) is 11.7. The van der Waals surface area contributed by atoms with Gasteiger partial charge in [0.15, 0.2) is 0 Å². The maximum Gasteiger partial charge on any atom is 0.0724 e. The van der Waals surface area contributed by atoms with E-state index in [1.54, 1.807) is 11.1 Å². The van der Waals surface area contributed by atoms with E-state index < -0.39 is 0 Å². The molecule has 0 aromatic heterocycles. The van der Waals surface area contributed by atoms with Crippen LogP contribution in [0.1, 0.15) is 58.8 Å². The summed E-state index contributed by atoms with van der Waals surface area (Å²) in [6.45, 7) is 4.70. The molecule has 0 aromatic rings. The summed E-state index contributed by atoms with van der Waals surface area (Å²) < 4.78 is 0. The topological polar surface area (TPSA) is 40.5 Å². The Labute approximate surface area is 127 Å². The lowest BCUT2D eigenvalue weighted by molar-refractivity contribution is 0.0266. The maximum absolute atomic E-state index is 10.4. The highest BCUT2D eigenvalue weighted by molar-refractivity contribution is 5.38. The first kappa shape index (κ1) is 14.0. The van der Waals surface area contributed by atoms with Crippen LogP contribution < -0.4 is 0 Å². The van der Waals surface area contributed by atoms with Gasteiger partial charge in [0, 0.05) is 10.8 Å². The molecule has 0 aromatic carbocycles. The highest BCUT2D eigenvalue weighted by Crippen LogP contribution is 2.62. The summed E-state index contributed by atoms with van der Waals surface area (Å²) in [5, 5.41) is 20.4. The van der Waals surface area contributed by atoms with E-state index in [1.807, 2.05) is 6.08 Å². The molecule has 2 N–H and O–H groups in total. The summed E-state index contributed by atoms with van der Waals surface area (Å²) in [4.78, 5) is 0. The summed E-state index contributed by atoms with van der Waals surface area (Å²) in [5.74, 6) is 1.21. The molecule has 4 rings (SSSR count). The van der Waals surface area contributed by atoms with Crippen LogP contribution in [-0.4, -0.2) is 22.4 Å². The number of aliphatic hydroxyl groups excluding tert-OH is 2. The van der Waals surface area contributed by atoms with Crippen molar-refractivity contribution in [2.24, 2.45) is 22.7 Å². The number of hydrogen-bond donors (Lipinski definition) is 2. The molecule has 0 saturated heterocycles. The molecule has 2 nitrogen and oxygen atoms in total. The summed E-state index contributed by atoms with van der Waals surface area (Å²) in [6, 6.07) is 0. The zero-order chi connectivity index (χ0) is 14.8. The predicted molar refractivity (Wildman–Crippen MR) is 83.7 cm³/mol. The lowest BCUT2D eigenvalue weighted by Crippen LogP contribution is -2.44. The van der Waals surface area contributed by atoms with Crippen LogP contribution in [0, 0.1) is 22.7 Å². The molecule has 21 heavy (non-hydrogen) atoms. The molecular weight excluding hydrogens is 260 g/mol. The lowest BCUT2D eigenvalue weighted by Gasteiger charge is -2.52. The molecule has 1 unspecified atom stereocenters. The smallest absolute Gasteiger partial charge is 0.0724 e. The van der Waals surface area contributed by atoms with Gasteiger partial charge in [-0.2, -0.15) is 0 Å². The third-order valence-corrected chi connectivity index (χ3v) is 7.46. The number of aliphatic hydroxyl groups is 2. The Morgan fingerprint density at radius 1 is 1.10 bits per heavy atom. The van der Waals surface area contributed by atoms with Crippen LogP contribution in [0.4, 0.5) is 0 Å². The summed E-state index contributed by atoms with van der Waals surface area (Å²) in [7, 11) is 0. The molecule has 116 valence electrons. The van der Waals surface area contributed by atoms with Gasteiger partial charge in [0.25, 0.3) is 0 Å². The van der Waals surface area contributed by atoms with Crippen molar-refractivity contribution >= 4 is 0 Å². The van der Waals surface area contributed by atoms with E-state index >= 15 is 0 Å². The average Bonchev–Trinajstić information content (AvgIpc) is 2.76. The molecule has 0 spiro atoms. The number of fused-ring (bicyclic) bond motifs is 4. The second-order valence-corrected chi connectivity index (χ2v) is 8.34. The van der Waals surface area contributed by atoms with Gasteiger partial charge in [-0.3, -0.25) is 0 Å². The normalized spacial score (nSPS) is 52.4. The quantitative estimate of drug-likeness (QED) is 0.669. The van der Waals surface area contributed by atoms with E-state index in [9.17, 15) is 10.2 Å². The molecule has 1 fully saturated rings. The fraction of sp³-hybridized carbons (Fsp3) is 0.789. The Hall–Kier alpha value is -0.600. The van der Waals surface area contributed by atoms with Crippen LogP contribution in [0.3, 0.4) is 0 Å². The van der Waals surface area contributed by atoms with Gasteiger partial charge in [-0.1, -0.05) is 37.1 Å². The summed E-state index contributed by atoms with van der Waals surface area (Å²) in [5.41, 5.74) is 3.64. The second kappa shape index (κ2) is 4.45. The zero-order valence-electron chi connectivity index (χ0n) is 13.3. The van der Waals surface area contributed by atoms with Gasteiger partial charge >= 0.3 is 0 Å². The van der Waals surface area contributed by atoms with Crippen molar-refractivity contribution in [2.75, 3.05) is 0 Å². The minimum Gasteiger partial charge on any atom is -0.393 e. The fourth-order valence-electron chi connectivity index (χ4n) is 5.99. The Bertz CT molecular complexity index is 520. The number of hydrogen-bond acceptors (Lipinski definition) is 2. The van der Waals surface area contributed by atoms with E-state index in [0.717, 1.165) is 25.7 Å². The van der Waals surface area contributed by atoms with Crippen LogP contribution in [0.5, 0.6) is 0 Å². The molecule has 2 heteroatoms. The van der Waals surface area contributed by atoms with Gasteiger partial charge in [0.05, 0.1) is 12.2 Å². The first-order chi connectivity index (χ1) is 9.95. The van der Waals surface area contributed by atoms with Gasteiger partial charge in [0.2, 0.25) is 0 Å². The molecule has 0 radical (unpaired) electrons. The Morgan fingerprint density at radius 2 is 1.90 bits per heavy atom. The minimum absolute atomic E-state index is 0.106. The molecule has 0 heterocycles. The molecule has 6 atom stereocenters. The first-order valence-electron chi connectivity index (χ1n) is 8.73. The van der Waals surface area contributed by atoms with E-state index in [2.05, 4.69) is 19.9 Å². The third kappa shape index (κ3) is 1.78. The minimum atomic E-state index is -0.243. The largest absolute Gasteiger partial charge is 0.393 e. The van der Waals surface area contributed by atoms with Crippen LogP contribution in [0.15, 0.2) is 23.3 Å². The zero-order valence-corrected chi connectivity index (χ0v) is 13.3. The van der Waals surface area contributed by atoms with Gasteiger partial charge in [-0.25, -0.2) is 0 Å². The lowest BCUT2D eigenvalue weighted by atomic mass is 9.53. The molecule has 0 amide bonds. The Balaban J connectivity index is 1.78. The van der Waals surface area contributed by atoms with Gasteiger partial charge in [-0.05, 0) is 56.8 Å². The average molecular weight is 288 g/mol. The Morgan fingerprint density at radius 3 is 2.71 bits per heavy atom. The molecule has 1 saturated carbocycles. The van der Waals surface area contributed by atoms with Gasteiger partial charge in [-0.15, -0.1) is 0 Å². The molecule has 4 aliphatic rings. The first-order valence-corrected chi connectivity index (χ1v) is 8.73. The molecule has 4 aliphatic carbocycles. The number of allylic oxidation sites excluding steroid dienone is 3. The van der Waals surface area contributed by atoms with E-state index in [-0.39, 0.29) is 23.0 Å². The molecule has 0 aliphatic heterocycles. The highest BCUT2D eigenvalue weighted by atomic mass is 16.3. The fourth-order valence-corrected chi connectivity index (χ4v) is 5.99. The molecular formula is C19H28O2. The van der Waals surface area contributed by atoms with Crippen LogP contribution in [0.2, 0.25) is 0 Å². The van der Waals surface area contributed by atoms with Crippen molar-refractivity contribution in [3.05, 3.63) is 23.3 Å². The van der Waals surface area contributed by atoms with Crippen LogP contribution in [-0.2, 0) is 0 Å². The van der Waals surface area contributed by atoms with Crippen molar-refractivity contribution < 1.29 is 10.2 Å². The van der Waals surface area contributed by atoms with Crippen molar-refractivity contribution in [1.82, 2.24) is 0 Å². The van der Waals surface area contributed by atoms with Gasteiger partial charge < -0.3 is 10.2 Å². The van der Waals surface area contributed by atoms with Crippen molar-refractivity contribution in [3.8, 4) is 0 Å².